The first-order chi connectivity index (χ1) is 8.16. The van der Waals surface area contributed by atoms with Crippen LogP contribution in [0, 0.1) is 0 Å². The van der Waals surface area contributed by atoms with Crippen LogP contribution in [-0.2, 0) is 4.79 Å². The third kappa shape index (κ3) is 3.59. The van der Waals surface area contributed by atoms with Crippen molar-refractivity contribution in [2.24, 2.45) is 0 Å². The lowest BCUT2D eigenvalue weighted by Gasteiger charge is -2.17. The van der Waals surface area contributed by atoms with Gasteiger partial charge in [0, 0.05) is 32.2 Å². The van der Waals surface area contributed by atoms with Gasteiger partial charge in [0.05, 0.1) is 6.04 Å². The SMILES string of the molecule is CC(NCCN1CCNC1=O)C(=O)NC1CC1. The molecule has 96 valence electrons. The summed E-state index contributed by atoms with van der Waals surface area (Å²) in [5.74, 6) is 0.0540. The standard InChI is InChI=1S/C11H20N4O2/c1-8(10(16)14-9-2-3-9)12-4-6-15-7-5-13-11(15)17/h8-9,12H,2-7H2,1H3,(H,13,17)(H,14,16). The Balaban J connectivity index is 1.60. The zero-order valence-corrected chi connectivity index (χ0v) is 10.2. The van der Waals surface area contributed by atoms with Gasteiger partial charge in [0.2, 0.25) is 5.91 Å². The van der Waals surface area contributed by atoms with Crippen LogP contribution in [0.4, 0.5) is 4.79 Å². The molecule has 2 fully saturated rings. The highest BCUT2D eigenvalue weighted by Gasteiger charge is 2.25. The molecule has 17 heavy (non-hydrogen) atoms. The van der Waals surface area contributed by atoms with Gasteiger partial charge >= 0.3 is 6.03 Å². The van der Waals surface area contributed by atoms with E-state index in [0.29, 0.717) is 19.1 Å². The van der Waals surface area contributed by atoms with Gasteiger partial charge in [-0.3, -0.25) is 4.79 Å². The van der Waals surface area contributed by atoms with Crippen LogP contribution in [0.15, 0.2) is 0 Å². The van der Waals surface area contributed by atoms with E-state index in [2.05, 4.69) is 16.0 Å². The molecule has 0 aromatic heterocycles. The van der Waals surface area contributed by atoms with Crippen LogP contribution in [-0.4, -0.2) is 55.1 Å². The van der Waals surface area contributed by atoms with Gasteiger partial charge in [0.25, 0.3) is 0 Å². The third-order valence-electron chi connectivity index (χ3n) is 3.09. The zero-order valence-electron chi connectivity index (χ0n) is 10.2. The number of hydrogen-bond donors (Lipinski definition) is 3. The van der Waals surface area contributed by atoms with Gasteiger partial charge in [-0.05, 0) is 19.8 Å². The maximum atomic E-state index is 11.6. The molecule has 1 atom stereocenters. The third-order valence-corrected chi connectivity index (χ3v) is 3.09. The molecule has 0 bridgehead atoms. The number of nitrogens with one attached hydrogen (secondary N) is 3. The number of hydrogen-bond acceptors (Lipinski definition) is 3. The minimum Gasteiger partial charge on any atom is -0.352 e. The highest BCUT2D eigenvalue weighted by molar-refractivity contribution is 5.81. The predicted octanol–water partition coefficient (Wildman–Crippen LogP) is -0.732. The van der Waals surface area contributed by atoms with Gasteiger partial charge in [-0.2, -0.15) is 0 Å². The molecule has 1 aliphatic carbocycles. The number of amides is 3. The summed E-state index contributed by atoms with van der Waals surface area (Å²) in [4.78, 5) is 24.6. The molecule has 0 spiro atoms. The van der Waals surface area contributed by atoms with Crippen LogP contribution >= 0.6 is 0 Å². The van der Waals surface area contributed by atoms with Gasteiger partial charge in [-0.25, -0.2) is 4.79 Å². The Morgan fingerprint density at radius 1 is 1.59 bits per heavy atom. The van der Waals surface area contributed by atoms with Crippen molar-refractivity contribution in [2.75, 3.05) is 26.2 Å². The number of carbonyl (C=O) groups excluding carboxylic acids is 2. The summed E-state index contributed by atoms with van der Waals surface area (Å²) in [6.45, 7) is 4.61. The number of nitrogens with zero attached hydrogens (tertiary/aromatic N) is 1. The fourth-order valence-electron chi connectivity index (χ4n) is 1.79. The van der Waals surface area contributed by atoms with E-state index in [0.717, 1.165) is 25.9 Å². The molecule has 6 heteroatoms. The molecule has 2 rings (SSSR count). The lowest BCUT2D eigenvalue weighted by molar-refractivity contribution is -0.122. The summed E-state index contributed by atoms with van der Waals surface area (Å²) in [7, 11) is 0. The first-order valence-electron chi connectivity index (χ1n) is 6.23. The monoisotopic (exact) mass is 240 g/mol. The van der Waals surface area contributed by atoms with E-state index in [1.54, 1.807) is 4.90 Å². The maximum Gasteiger partial charge on any atom is 0.317 e. The van der Waals surface area contributed by atoms with Crippen molar-refractivity contribution in [3.05, 3.63) is 0 Å². The maximum absolute atomic E-state index is 11.6. The normalized spacial score (nSPS) is 21.2. The second-order valence-electron chi connectivity index (χ2n) is 4.68. The van der Waals surface area contributed by atoms with Gasteiger partial charge in [-0.1, -0.05) is 0 Å². The van der Waals surface area contributed by atoms with Crippen molar-refractivity contribution in [1.82, 2.24) is 20.9 Å². The van der Waals surface area contributed by atoms with E-state index in [4.69, 9.17) is 0 Å². The van der Waals surface area contributed by atoms with E-state index in [-0.39, 0.29) is 18.0 Å². The van der Waals surface area contributed by atoms with Gasteiger partial charge < -0.3 is 20.9 Å². The molecule has 2 aliphatic rings. The van der Waals surface area contributed by atoms with Crippen LogP contribution < -0.4 is 16.0 Å². The second kappa shape index (κ2) is 5.35. The average Bonchev–Trinajstić information content (AvgIpc) is 3.02. The van der Waals surface area contributed by atoms with E-state index >= 15 is 0 Å². The molecule has 1 heterocycles. The summed E-state index contributed by atoms with van der Waals surface area (Å²) in [5, 5.41) is 8.82. The van der Waals surface area contributed by atoms with Crippen molar-refractivity contribution in [3.63, 3.8) is 0 Å². The van der Waals surface area contributed by atoms with Gasteiger partial charge in [0.15, 0.2) is 0 Å². The molecule has 3 N–H and O–H groups in total. The Bertz CT molecular complexity index is 304. The summed E-state index contributed by atoms with van der Waals surface area (Å²) >= 11 is 0. The quantitative estimate of drug-likeness (QED) is 0.573. The summed E-state index contributed by atoms with van der Waals surface area (Å²) in [6, 6.07) is 0.194. The topological polar surface area (TPSA) is 73.5 Å². The Morgan fingerprint density at radius 2 is 2.35 bits per heavy atom. The molecule has 0 radical (unpaired) electrons. The molecule has 1 saturated heterocycles. The molecule has 0 aromatic carbocycles. The molecule has 3 amide bonds. The van der Waals surface area contributed by atoms with Crippen LogP contribution in [0.1, 0.15) is 19.8 Å². The molecule has 0 aromatic rings. The van der Waals surface area contributed by atoms with Crippen LogP contribution in [0.5, 0.6) is 0 Å². The van der Waals surface area contributed by atoms with Crippen molar-refractivity contribution < 1.29 is 9.59 Å². The Labute approximate surface area is 101 Å². The summed E-state index contributed by atoms with van der Waals surface area (Å²) in [6.07, 6.45) is 2.21. The molecule has 1 saturated carbocycles. The van der Waals surface area contributed by atoms with Crippen molar-refractivity contribution in [3.8, 4) is 0 Å². The van der Waals surface area contributed by atoms with Crippen LogP contribution in [0.2, 0.25) is 0 Å². The van der Waals surface area contributed by atoms with E-state index in [1.807, 2.05) is 6.92 Å². The highest BCUT2D eigenvalue weighted by atomic mass is 16.2. The van der Waals surface area contributed by atoms with Crippen molar-refractivity contribution >= 4 is 11.9 Å². The van der Waals surface area contributed by atoms with Crippen molar-refractivity contribution in [2.45, 2.75) is 31.8 Å². The molecule has 6 nitrogen and oxygen atoms in total. The molecular weight excluding hydrogens is 220 g/mol. The Hall–Kier alpha value is -1.30. The number of rotatable bonds is 6. The van der Waals surface area contributed by atoms with E-state index < -0.39 is 0 Å². The molecule has 1 unspecified atom stereocenters. The van der Waals surface area contributed by atoms with Crippen molar-refractivity contribution in [1.29, 1.82) is 0 Å². The number of urea groups is 1. The van der Waals surface area contributed by atoms with Crippen LogP contribution in [0.25, 0.3) is 0 Å². The molecule has 1 aliphatic heterocycles. The minimum atomic E-state index is -0.193. The summed E-state index contributed by atoms with van der Waals surface area (Å²) < 4.78 is 0. The lowest BCUT2D eigenvalue weighted by Crippen LogP contribution is -2.45. The highest BCUT2D eigenvalue weighted by Crippen LogP contribution is 2.18. The lowest BCUT2D eigenvalue weighted by atomic mass is 10.3. The fourth-order valence-corrected chi connectivity index (χ4v) is 1.79. The van der Waals surface area contributed by atoms with Crippen LogP contribution in [0.3, 0.4) is 0 Å². The molecular formula is C11H20N4O2. The Morgan fingerprint density at radius 3 is 2.94 bits per heavy atom. The van der Waals surface area contributed by atoms with Gasteiger partial charge in [-0.15, -0.1) is 0 Å². The first kappa shape index (κ1) is 12.2. The average molecular weight is 240 g/mol. The summed E-state index contributed by atoms with van der Waals surface area (Å²) in [5.41, 5.74) is 0. The minimum absolute atomic E-state index is 0.0121. The Kier molecular flexibility index (Phi) is 3.83. The fraction of sp³-hybridized carbons (Fsp3) is 0.818. The zero-order chi connectivity index (χ0) is 12.3. The second-order valence-corrected chi connectivity index (χ2v) is 4.68. The predicted molar refractivity (Wildman–Crippen MR) is 63.6 cm³/mol. The van der Waals surface area contributed by atoms with E-state index in [1.165, 1.54) is 0 Å². The van der Waals surface area contributed by atoms with E-state index in [9.17, 15) is 9.59 Å². The first-order valence-corrected chi connectivity index (χ1v) is 6.23. The number of carbonyl (C=O) groups is 2. The smallest absolute Gasteiger partial charge is 0.317 e. The largest absolute Gasteiger partial charge is 0.352 e. The van der Waals surface area contributed by atoms with Gasteiger partial charge in [0.1, 0.15) is 0 Å².